The minimum Gasteiger partial charge on any atom is -0.272 e. The topological polar surface area (TPSA) is 102 Å². The van der Waals surface area contributed by atoms with Crippen molar-refractivity contribution >= 4 is 23.6 Å². The number of tetrazole rings is 1. The molecule has 0 saturated heterocycles. The molecular formula is C11H11FN6O2S. The third kappa shape index (κ3) is 4.24. The predicted octanol–water partition coefficient (Wildman–Crippen LogP) is -0.0975. The highest BCUT2D eigenvalue weighted by atomic mass is 32.2. The smallest absolute Gasteiger partial charge is 0.269 e. The van der Waals surface area contributed by atoms with E-state index in [4.69, 9.17) is 0 Å². The average molecular weight is 310 g/mol. The number of thioether (sulfide) groups is 1. The molecule has 1 heterocycles. The van der Waals surface area contributed by atoms with E-state index >= 15 is 0 Å². The molecule has 1 aromatic carbocycles. The van der Waals surface area contributed by atoms with Crippen molar-refractivity contribution in [3.8, 4) is 0 Å². The Balaban J connectivity index is 1.77. The lowest BCUT2D eigenvalue weighted by molar-refractivity contribution is -0.119. The van der Waals surface area contributed by atoms with Crippen LogP contribution in [0.2, 0.25) is 0 Å². The van der Waals surface area contributed by atoms with E-state index in [0.717, 1.165) is 23.9 Å². The van der Waals surface area contributed by atoms with Crippen LogP contribution in [0.1, 0.15) is 10.4 Å². The maximum absolute atomic E-state index is 12.7. The van der Waals surface area contributed by atoms with Gasteiger partial charge in [-0.2, -0.15) is 0 Å². The molecule has 10 heteroatoms. The predicted molar refractivity (Wildman–Crippen MR) is 71.5 cm³/mol. The minimum atomic E-state index is -0.534. The van der Waals surface area contributed by atoms with Crippen molar-refractivity contribution in [2.75, 3.05) is 5.75 Å². The highest BCUT2D eigenvalue weighted by Crippen LogP contribution is 2.11. The van der Waals surface area contributed by atoms with Gasteiger partial charge in [0.05, 0.1) is 5.75 Å². The number of halogens is 1. The van der Waals surface area contributed by atoms with Gasteiger partial charge >= 0.3 is 0 Å². The summed E-state index contributed by atoms with van der Waals surface area (Å²) in [6, 6.07) is 4.95. The van der Waals surface area contributed by atoms with E-state index in [1.807, 2.05) is 0 Å². The van der Waals surface area contributed by atoms with Crippen LogP contribution >= 0.6 is 11.8 Å². The average Bonchev–Trinajstić information content (AvgIpc) is 2.88. The summed E-state index contributed by atoms with van der Waals surface area (Å²) in [6.45, 7) is 0. The quantitative estimate of drug-likeness (QED) is 0.604. The van der Waals surface area contributed by atoms with Gasteiger partial charge in [-0.3, -0.25) is 20.4 Å². The van der Waals surface area contributed by atoms with Gasteiger partial charge in [0.2, 0.25) is 11.1 Å². The van der Waals surface area contributed by atoms with Gasteiger partial charge < -0.3 is 0 Å². The van der Waals surface area contributed by atoms with E-state index in [2.05, 4.69) is 26.4 Å². The standard InChI is InChI=1S/C11H11FN6O2S/c1-18-11(15-16-17-18)21-6-9(19)13-14-10(20)7-2-4-8(12)5-3-7/h2-5H,6H2,1H3,(H,13,19)(H,14,20). The SMILES string of the molecule is Cn1nnnc1SCC(=O)NNC(=O)c1ccc(F)cc1. The Hall–Kier alpha value is -2.49. The molecule has 2 rings (SSSR count). The fourth-order valence-corrected chi connectivity index (χ4v) is 1.96. The summed E-state index contributed by atoms with van der Waals surface area (Å²) in [4.78, 5) is 23.2. The van der Waals surface area contributed by atoms with Gasteiger partial charge in [-0.25, -0.2) is 9.07 Å². The Labute approximate surface area is 123 Å². The number of hydrogen-bond acceptors (Lipinski definition) is 6. The Morgan fingerprint density at radius 1 is 1.29 bits per heavy atom. The molecule has 2 aromatic rings. The Kier molecular flexibility index (Phi) is 4.82. The van der Waals surface area contributed by atoms with Gasteiger partial charge in [-0.1, -0.05) is 11.8 Å². The number of aryl methyl sites for hydroxylation is 1. The Morgan fingerprint density at radius 3 is 2.62 bits per heavy atom. The zero-order valence-corrected chi connectivity index (χ0v) is 11.7. The first-order chi connectivity index (χ1) is 10.1. The van der Waals surface area contributed by atoms with Gasteiger partial charge in [-0.15, -0.1) is 5.10 Å². The van der Waals surface area contributed by atoms with Crippen molar-refractivity contribution in [2.24, 2.45) is 7.05 Å². The van der Waals surface area contributed by atoms with Crippen LogP contribution in [-0.2, 0) is 11.8 Å². The van der Waals surface area contributed by atoms with E-state index in [1.165, 1.54) is 16.8 Å². The second-order valence-electron chi connectivity index (χ2n) is 3.88. The first kappa shape index (κ1) is 14.9. The van der Waals surface area contributed by atoms with E-state index in [9.17, 15) is 14.0 Å². The molecule has 21 heavy (non-hydrogen) atoms. The molecule has 0 radical (unpaired) electrons. The number of benzene rings is 1. The van der Waals surface area contributed by atoms with Crippen molar-refractivity contribution < 1.29 is 14.0 Å². The number of nitrogens with zero attached hydrogens (tertiary/aromatic N) is 4. The van der Waals surface area contributed by atoms with E-state index in [1.54, 1.807) is 7.05 Å². The molecule has 0 unspecified atom stereocenters. The zero-order chi connectivity index (χ0) is 15.2. The normalized spacial score (nSPS) is 10.2. The molecule has 2 amide bonds. The lowest BCUT2D eigenvalue weighted by Crippen LogP contribution is -2.42. The lowest BCUT2D eigenvalue weighted by atomic mass is 10.2. The number of hydrazine groups is 1. The third-order valence-electron chi connectivity index (χ3n) is 2.34. The number of aromatic nitrogens is 4. The number of carbonyl (C=O) groups is 2. The maximum Gasteiger partial charge on any atom is 0.269 e. The van der Waals surface area contributed by atoms with Crippen molar-refractivity contribution in [1.82, 2.24) is 31.1 Å². The van der Waals surface area contributed by atoms with Gasteiger partial charge in [0, 0.05) is 12.6 Å². The molecule has 0 spiro atoms. The molecule has 0 fully saturated rings. The molecule has 8 nitrogen and oxygen atoms in total. The number of carbonyl (C=O) groups excluding carboxylic acids is 2. The van der Waals surface area contributed by atoms with Crippen LogP contribution in [0, 0.1) is 5.82 Å². The molecule has 0 aliphatic heterocycles. The van der Waals surface area contributed by atoms with Crippen molar-refractivity contribution in [3.05, 3.63) is 35.6 Å². The first-order valence-electron chi connectivity index (χ1n) is 5.76. The molecule has 0 bridgehead atoms. The van der Waals surface area contributed by atoms with Crippen molar-refractivity contribution in [3.63, 3.8) is 0 Å². The van der Waals surface area contributed by atoms with Crippen LogP contribution in [-0.4, -0.2) is 37.8 Å². The summed E-state index contributed by atoms with van der Waals surface area (Å²) in [5.74, 6) is -1.35. The van der Waals surface area contributed by atoms with Crippen LogP contribution in [0.3, 0.4) is 0 Å². The number of hydrogen-bond donors (Lipinski definition) is 2. The van der Waals surface area contributed by atoms with E-state index in [-0.39, 0.29) is 11.3 Å². The molecular weight excluding hydrogens is 299 g/mol. The van der Waals surface area contributed by atoms with Crippen molar-refractivity contribution in [1.29, 1.82) is 0 Å². The van der Waals surface area contributed by atoms with Crippen LogP contribution in [0.5, 0.6) is 0 Å². The van der Waals surface area contributed by atoms with Gasteiger partial charge in [0.25, 0.3) is 5.91 Å². The van der Waals surface area contributed by atoms with Crippen LogP contribution in [0.4, 0.5) is 4.39 Å². The summed E-state index contributed by atoms with van der Waals surface area (Å²) in [7, 11) is 1.65. The molecule has 0 aliphatic rings. The molecule has 2 N–H and O–H groups in total. The second-order valence-corrected chi connectivity index (χ2v) is 4.83. The fraction of sp³-hybridized carbons (Fsp3) is 0.182. The summed E-state index contributed by atoms with van der Waals surface area (Å²) >= 11 is 1.13. The van der Waals surface area contributed by atoms with Crippen LogP contribution < -0.4 is 10.9 Å². The second kappa shape index (κ2) is 6.79. The summed E-state index contributed by atoms with van der Waals surface area (Å²) in [5, 5.41) is 11.2. The Bertz CT molecular complexity index is 644. The largest absolute Gasteiger partial charge is 0.272 e. The summed E-state index contributed by atoms with van der Waals surface area (Å²) in [5.41, 5.74) is 4.71. The van der Waals surface area contributed by atoms with Gasteiger partial charge in [-0.05, 0) is 34.7 Å². The highest BCUT2D eigenvalue weighted by Gasteiger charge is 2.10. The van der Waals surface area contributed by atoms with E-state index < -0.39 is 17.6 Å². The maximum atomic E-state index is 12.7. The zero-order valence-electron chi connectivity index (χ0n) is 10.9. The summed E-state index contributed by atoms with van der Waals surface area (Å²) < 4.78 is 14.1. The molecule has 0 saturated carbocycles. The van der Waals surface area contributed by atoms with E-state index in [0.29, 0.717) is 5.16 Å². The fourth-order valence-electron chi connectivity index (χ4n) is 1.31. The van der Waals surface area contributed by atoms with Gasteiger partial charge in [0.15, 0.2) is 0 Å². The molecule has 1 aromatic heterocycles. The number of nitrogens with one attached hydrogen (secondary N) is 2. The molecule has 110 valence electrons. The number of amides is 2. The number of rotatable bonds is 4. The van der Waals surface area contributed by atoms with Crippen LogP contribution in [0.15, 0.2) is 29.4 Å². The third-order valence-corrected chi connectivity index (χ3v) is 3.35. The molecule has 0 aliphatic carbocycles. The highest BCUT2D eigenvalue weighted by molar-refractivity contribution is 7.99. The monoisotopic (exact) mass is 310 g/mol. The van der Waals surface area contributed by atoms with Crippen LogP contribution in [0.25, 0.3) is 0 Å². The summed E-state index contributed by atoms with van der Waals surface area (Å²) in [6.07, 6.45) is 0. The minimum absolute atomic E-state index is 0.0396. The first-order valence-corrected chi connectivity index (χ1v) is 6.74. The van der Waals surface area contributed by atoms with Gasteiger partial charge in [0.1, 0.15) is 5.82 Å². The van der Waals surface area contributed by atoms with Crippen molar-refractivity contribution in [2.45, 2.75) is 5.16 Å². The Morgan fingerprint density at radius 2 is 2.00 bits per heavy atom. The molecule has 0 atom stereocenters. The lowest BCUT2D eigenvalue weighted by Gasteiger charge is -2.06.